The second kappa shape index (κ2) is 6.61. The largest absolute Gasteiger partial charge is 0.508 e. The van der Waals surface area contributed by atoms with Crippen molar-refractivity contribution in [2.75, 3.05) is 13.6 Å². The normalized spacial score (nSPS) is 11.3. The van der Waals surface area contributed by atoms with E-state index in [4.69, 9.17) is 4.74 Å². The summed E-state index contributed by atoms with van der Waals surface area (Å²) in [4.78, 5) is 0. The molecule has 0 fully saturated rings. The predicted octanol–water partition coefficient (Wildman–Crippen LogP) is 3.03. The number of phenolic OH excluding ortho intramolecular Hbond substituents is 1. The first-order chi connectivity index (χ1) is 9.29. The number of aromatic hydroxyl groups is 1. The molecule has 2 aromatic rings. The third-order valence-electron chi connectivity index (χ3n) is 2.61. The van der Waals surface area contributed by atoms with Crippen LogP contribution in [0.1, 0.15) is 5.56 Å². The molecule has 0 saturated carbocycles. The van der Waals surface area contributed by atoms with Gasteiger partial charge in [-0.1, -0.05) is 30.3 Å². The molecule has 0 spiro atoms. The Morgan fingerprint density at radius 2 is 1.79 bits per heavy atom. The van der Waals surface area contributed by atoms with E-state index in [1.165, 1.54) is 0 Å². The maximum atomic E-state index is 9.27. The van der Waals surface area contributed by atoms with E-state index in [2.05, 4.69) is 5.32 Å². The van der Waals surface area contributed by atoms with Gasteiger partial charge < -0.3 is 15.2 Å². The van der Waals surface area contributed by atoms with Crippen molar-refractivity contribution in [3.05, 3.63) is 66.2 Å². The van der Waals surface area contributed by atoms with Gasteiger partial charge in [-0.05, 0) is 37.4 Å². The van der Waals surface area contributed by atoms with Crippen LogP contribution >= 0.6 is 0 Å². The lowest BCUT2D eigenvalue weighted by atomic mass is 10.2. The van der Waals surface area contributed by atoms with Crippen LogP contribution in [0, 0.1) is 0 Å². The molecule has 3 heteroatoms. The minimum Gasteiger partial charge on any atom is -0.508 e. The fourth-order valence-corrected chi connectivity index (χ4v) is 1.66. The molecule has 19 heavy (non-hydrogen) atoms. The molecule has 0 amide bonds. The van der Waals surface area contributed by atoms with Gasteiger partial charge in [0.1, 0.15) is 17.3 Å². The second-order valence-electron chi connectivity index (χ2n) is 4.09. The summed E-state index contributed by atoms with van der Waals surface area (Å²) in [7, 11) is 1.89. The van der Waals surface area contributed by atoms with Gasteiger partial charge in [0.2, 0.25) is 0 Å². The van der Waals surface area contributed by atoms with Crippen LogP contribution in [0.4, 0.5) is 0 Å². The smallest absolute Gasteiger partial charge is 0.131 e. The van der Waals surface area contributed by atoms with Gasteiger partial charge in [0.15, 0.2) is 0 Å². The summed E-state index contributed by atoms with van der Waals surface area (Å²) in [6.45, 7) is 0.725. The van der Waals surface area contributed by atoms with E-state index >= 15 is 0 Å². The number of hydrogen-bond acceptors (Lipinski definition) is 3. The minimum absolute atomic E-state index is 0.229. The van der Waals surface area contributed by atoms with Crippen molar-refractivity contribution in [3.8, 4) is 11.5 Å². The van der Waals surface area contributed by atoms with Crippen molar-refractivity contribution < 1.29 is 9.84 Å². The van der Waals surface area contributed by atoms with Crippen LogP contribution in [0.15, 0.2) is 60.7 Å². The van der Waals surface area contributed by atoms with Crippen molar-refractivity contribution in [1.29, 1.82) is 0 Å². The summed E-state index contributed by atoms with van der Waals surface area (Å²) in [5, 5.41) is 12.3. The van der Waals surface area contributed by atoms with E-state index in [0.717, 1.165) is 17.9 Å². The molecule has 2 rings (SSSR count). The molecule has 0 aromatic heterocycles. The topological polar surface area (TPSA) is 41.5 Å². The van der Waals surface area contributed by atoms with E-state index in [1.54, 1.807) is 24.3 Å². The molecule has 0 heterocycles. The SMILES string of the molecule is CNCC=C(Oc1ccc(O)cc1)c1ccccc1. The highest BCUT2D eigenvalue weighted by molar-refractivity contribution is 5.62. The van der Waals surface area contributed by atoms with Gasteiger partial charge in [0, 0.05) is 12.1 Å². The Balaban J connectivity index is 2.22. The van der Waals surface area contributed by atoms with Crippen molar-refractivity contribution >= 4 is 5.76 Å². The Hall–Kier alpha value is -2.26. The molecule has 0 aliphatic rings. The Morgan fingerprint density at radius 1 is 1.11 bits per heavy atom. The molecular weight excluding hydrogens is 238 g/mol. The van der Waals surface area contributed by atoms with Crippen LogP contribution in [0.25, 0.3) is 5.76 Å². The van der Waals surface area contributed by atoms with Gasteiger partial charge >= 0.3 is 0 Å². The Morgan fingerprint density at radius 3 is 2.42 bits per heavy atom. The maximum Gasteiger partial charge on any atom is 0.131 e. The monoisotopic (exact) mass is 255 g/mol. The summed E-state index contributed by atoms with van der Waals surface area (Å²) < 4.78 is 5.87. The fourth-order valence-electron chi connectivity index (χ4n) is 1.66. The fraction of sp³-hybridized carbons (Fsp3) is 0.125. The zero-order chi connectivity index (χ0) is 13.5. The first-order valence-corrected chi connectivity index (χ1v) is 6.16. The number of ether oxygens (including phenoxy) is 1. The highest BCUT2D eigenvalue weighted by Gasteiger charge is 2.03. The molecule has 0 aliphatic carbocycles. The zero-order valence-electron chi connectivity index (χ0n) is 10.8. The summed E-state index contributed by atoms with van der Waals surface area (Å²) in [5.74, 6) is 1.72. The van der Waals surface area contributed by atoms with E-state index in [0.29, 0.717) is 5.75 Å². The van der Waals surface area contributed by atoms with Crippen LogP contribution in [0.2, 0.25) is 0 Å². The second-order valence-corrected chi connectivity index (χ2v) is 4.09. The third-order valence-corrected chi connectivity index (χ3v) is 2.61. The van der Waals surface area contributed by atoms with Gasteiger partial charge in [-0.2, -0.15) is 0 Å². The van der Waals surface area contributed by atoms with Crippen LogP contribution in [0.3, 0.4) is 0 Å². The molecule has 2 aromatic carbocycles. The molecule has 0 atom stereocenters. The van der Waals surface area contributed by atoms with E-state index < -0.39 is 0 Å². The molecule has 0 aliphatic heterocycles. The number of likely N-dealkylation sites (N-methyl/N-ethyl adjacent to an activating group) is 1. The quantitative estimate of drug-likeness (QED) is 0.807. The molecule has 0 saturated heterocycles. The van der Waals surface area contributed by atoms with Gasteiger partial charge in [0.05, 0.1) is 0 Å². The lowest BCUT2D eigenvalue weighted by Crippen LogP contribution is -2.07. The third kappa shape index (κ3) is 3.86. The van der Waals surface area contributed by atoms with E-state index in [-0.39, 0.29) is 5.75 Å². The highest BCUT2D eigenvalue weighted by Crippen LogP contribution is 2.22. The van der Waals surface area contributed by atoms with Crippen LogP contribution in [0.5, 0.6) is 11.5 Å². The molecule has 98 valence electrons. The summed E-state index contributed by atoms with van der Waals surface area (Å²) in [5.41, 5.74) is 1.02. The lowest BCUT2D eigenvalue weighted by Gasteiger charge is -2.10. The highest BCUT2D eigenvalue weighted by atomic mass is 16.5. The minimum atomic E-state index is 0.229. The first kappa shape index (κ1) is 13.2. The molecular formula is C16H17NO2. The number of nitrogens with one attached hydrogen (secondary N) is 1. The van der Waals surface area contributed by atoms with Gasteiger partial charge in [-0.15, -0.1) is 0 Å². The van der Waals surface area contributed by atoms with Crippen molar-refractivity contribution in [2.24, 2.45) is 0 Å². The van der Waals surface area contributed by atoms with E-state index in [9.17, 15) is 5.11 Å². The van der Waals surface area contributed by atoms with Crippen molar-refractivity contribution in [3.63, 3.8) is 0 Å². The molecule has 3 nitrogen and oxygen atoms in total. The van der Waals surface area contributed by atoms with Gasteiger partial charge in [-0.3, -0.25) is 0 Å². The van der Waals surface area contributed by atoms with Crippen LogP contribution in [-0.2, 0) is 0 Å². The Labute approximate surface area is 113 Å². The molecule has 0 unspecified atom stereocenters. The number of phenols is 1. The molecule has 2 N–H and O–H groups in total. The van der Waals surface area contributed by atoms with Crippen LogP contribution < -0.4 is 10.1 Å². The Kier molecular flexibility index (Phi) is 4.59. The molecule has 0 bridgehead atoms. The van der Waals surface area contributed by atoms with Crippen molar-refractivity contribution in [2.45, 2.75) is 0 Å². The number of benzene rings is 2. The average Bonchev–Trinajstić information content (AvgIpc) is 2.46. The number of rotatable bonds is 5. The zero-order valence-corrected chi connectivity index (χ0v) is 10.8. The lowest BCUT2D eigenvalue weighted by molar-refractivity contribution is 0.470. The van der Waals surface area contributed by atoms with Crippen molar-refractivity contribution in [1.82, 2.24) is 5.32 Å². The maximum absolute atomic E-state index is 9.27. The van der Waals surface area contributed by atoms with Gasteiger partial charge in [0.25, 0.3) is 0 Å². The van der Waals surface area contributed by atoms with Crippen LogP contribution in [-0.4, -0.2) is 18.7 Å². The first-order valence-electron chi connectivity index (χ1n) is 6.16. The standard InChI is InChI=1S/C16H17NO2/c1-17-12-11-16(13-5-3-2-4-6-13)19-15-9-7-14(18)8-10-15/h2-11,17-18H,12H2,1H3. The van der Waals surface area contributed by atoms with E-state index in [1.807, 2.05) is 43.5 Å². The summed E-state index contributed by atoms with van der Waals surface area (Å²) in [6.07, 6.45) is 1.99. The summed E-state index contributed by atoms with van der Waals surface area (Å²) >= 11 is 0. The summed E-state index contributed by atoms with van der Waals surface area (Å²) in [6, 6.07) is 16.6. The Bertz CT molecular complexity index is 532. The average molecular weight is 255 g/mol. The predicted molar refractivity (Wildman–Crippen MR) is 77.1 cm³/mol. The molecule has 0 radical (unpaired) electrons. The van der Waals surface area contributed by atoms with Gasteiger partial charge in [-0.25, -0.2) is 0 Å². The number of hydrogen-bond donors (Lipinski definition) is 2.